The summed E-state index contributed by atoms with van der Waals surface area (Å²) in [4.78, 5) is 18.2. The molecule has 2 aliphatic heterocycles. The predicted octanol–water partition coefficient (Wildman–Crippen LogP) is 5.15. The van der Waals surface area contributed by atoms with E-state index in [0.717, 1.165) is 48.1 Å². The Morgan fingerprint density at radius 3 is 2.34 bits per heavy atom. The van der Waals surface area contributed by atoms with Crippen LogP contribution >= 0.6 is 0 Å². The molecule has 0 unspecified atom stereocenters. The molecule has 0 saturated carbocycles. The third-order valence-corrected chi connectivity index (χ3v) is 7.51. The molecule has 3 heterocycles. The van der Waals surface area contributed by atoms with E-state index in [4.69, 9.17) is 14.6 Å². The average molecular weight is 509 g/mol. The first-order valence-electron chi connectivity index (χ1n) is 13.1. The summed E-state index contributed by atoms with van der Waals surface area (Å²) in [5.41, 5.74) is 8.09. The number of hydrogen-bond donors (Lipinski definition) is 0. The molecule has 2 aliphatic rings. The van der Waals surface area contributed by atoms with Crippen molar-refractivity contribution in [3.05, 3.63) is 94.7 Å². The maximum atomic E-state index is 13.8. The van der Waals surface area contributed by atoms with Crippen molar-refractivity contribution >= 4 is 5.91 Å². The molecule has 4 aromatic rings. The van der Waals surface area contributed by atoms with Crippen molar-refractivity contribution in [1.29, 1.82) is 0 Å². The van der Waals surface area contributed by atoms with Crippen LogP contribution in [0.1, 0.15) is 32.7 Å². The second-order valence-corrected chi connectivity index (χ2v) is 10.2. The zero-order valence-corrected chi connectivity index (χ0v) is 22.1. The van der Waals surface area contributed by atoms with Gasteiger partial charge in [0, 0.05) is 38.3 Å². The monoisotopic (exact) mass is 508 g/mol. The first-order chi connectivity index (χ1) is 18.4. The molecule has 7 nitrogen and oxygen atoms in total. The molecule has 1 amide bonds. The standard InChI is InChI=1S/C31H32N4O3/c1-21-4-9-26(10-5-21)35-28(18-27(32-35)25-8-6-22(2)23(3)16-25)31(36)34-14-12-33(13-15-34)19-24-7-11-29-30(17-24)38-20-37-29/h4-11,16-18H,12-15,19-20H2,1-3H3. The van der Waals surface area contributed by atoms with Gasteiger partial charge in [-0.15, -0.1) is 0 Å². The molecule has 194 valence electrons. The zero-order chi connectivity index (χ0) is 26.2. The van der Waals surface area contributed by atoms with Gasteiger partial charge in [-0.25, -0.2) is 4.68 Å². The van der Waals surface area contributed by atoms with Crippen molar-refractivity contribution in [3.63, 3.8) is 0 Å². The van der Waals surface area contributed by atoms with E-state index in [-0.39, 0.29) is 12.7 Å². The number of hydrogen-bond acceptors (Lipinski definition) is 5. The van der Waals surface area contributed by atoms with Gasteiger partial charge >= 0.3 is 0 Å². The van der Waals surface area contributed by atoms with E-state index < -0.39 is 0 Å². The Morgan fingerprint density at radius 2 is 1.58 bits per heavy atom. The molecule has 6 rings (SSSR count). The number of aromatic nitrogens is 2. The molecular weight excluding hydrogens is 476 g/mol. The smallest absolute Gasteiger partial charge is 0.272 e. The number of amides is 1. The molecule has 0 spiro atoms. The van der Waals surface area contributed by atoms with Crippen LogP contribution in [-0.2, 0) is 6.54 Å². The largest absolute Gasteiger partial charge is 0.454 e. The van der Waals surface area contributed by atoms with E-state index in [1.54, 1.807) is 4.68 Å². The number of carbonyl (C=O) groups excluding carboxylic acids is 1. The zero-order valence-electron chi connectivity index (χ0n) is 22.1. The Morgan fingerprint density at radius 1 is 0.816 bits per heavy atom. The SMILES string of the molecule is Cc1ccc(-n2nc(-c3ccc(C)c(C)c3)cc2C(=O)N2CCN(Cc3ccc4c(c3)OCO4)CC2)cc1. The summed E-state index contributed by atoms with van der Waals surface area (Å²) in [7, 11) is 0. The van der Waals surface area contributed by atoms with Gasteiger partial charge in [0.1, 0.15) is 5.69 Å². The van der Waals surface area contributed by atoms with Gasteiger partial charge in [0.2, 0.25) is 6.79 Å². The van der Waals surface area contributed by atoms with E-state index in [1.165, 1.54) is 22.3 Å². The third kappa shape index (κ3) is 4.77. The van der Waals surface area contributed by atoms with E-state index in [0.29, 0.717) is 18.8 Å². The number of ether oxygens (including phenoxy) is 2. The average Bonchev–Trinajstić information content (AvgIpc) is 3.58. The third-order valence-electron chi connectivity index (χ3n) is 7.51. The Labute approximate surface area is 223 Å². The predicted molar refractivity (Wildman–Crippen MR) is 147 cm³/mol. The lowest BCUT2D eigenvalue weighted by Gasteiger charge is -2.34. The maximum Gasteiger partial charge on any atom is 0.272 e. The number of fused-ring (bicyclic) bond motifs is 1. The fourth-order valence-electron chi connectivity index (χ4n) is 5.03. The van der Waals surface area contributed by atoms with Crippen molar-refractivity contribution in [2.45, 2.75) is 27.3 Å². The Hall–Kier alpha value is -4.10. The van der Waals surface area contributed by atoms with Crippen LogP contribution in [-0.4, -0.2) is 58.5 Å². The minimum Gasteiger partial charge on any atom is -0.454 e. The van der Waals surface area contributed by atoms with Gasteiger partial charge in [0.15, 0.2) is 11.5 Å². The molecule has 0 N–H and O–H groups in total. The van der Waals surface area contributed by atoms with Crippen LogP contribution in [0, 0.1) is 20.8 Å². The number of nitrogens with zero attached hydrogens (tertiary/aromatic N) is 4. The highest BCUT2D eigenvalue weighted by Gasteiger charge is 2.27. The van der Waals surface area contributed by atoms with Crippen molar-refractivity contribution in [2.24, 2.45) is 0 Å². The highest BCUT2D eigenvalue weighted by Crippen LogP contribution is 2.33. The van der Waals surface area contributed by atoms with Crippen molar-refractivity contribution in [1.82, 2.24) is 19.6 Å². The van der Waals surface area contributed by atoms with Gasteiger partial charge in [-0.2, -0.15) is 5.10 Å². The first-order valence-corrected chi connectivity index (χ1v) is 13.1. The molecule has 0 aliphatic carbocycles. The van der Waals surface area contributed by atoms with Gasteiger partial charge in [0.05, 0.1) is 11.4 Å². The molecular formula is C31H32N4O3. The summed E-state index contributed by atoms with van der Waals surface area (Å²) in [6.07, 6.45) is 0. The fraction of sp³-hybridized carbons (Fsp3) is 0.290. The molecule has 0 atom stereocenters. The van der Waals surface area contributed by atoms with Crippen molar-refractivity contribution in [3.8, 4) is 28.4 Å². The minimum absolute atomic E-state index is 0.0101. The molecule has 1 saturated heterocycles. The molecule has 3 aromatic carbocycles. The quantitative estimate of drug-likeness (QED) is 0.373. The van der Waals surface area contributed by atoms with Crippen LogP contribution in [0.15, 0.2) is 66.7 Å². The van der Waals surface area contributed by atoms with Gasteiger partial charge in [-0.3, -0.25) is 9.69 Å². The van der Waals surface area contributed by atoms with E-state index in [2.05, 4.69) is 62.1 Å². The molecule has 1 fully saturated rings. The number of rotatable bonds is 5. The van der Waals surface area contributed by atoms with Crippen LogP contribution in [0.5, 0.6) is 11.5 Å². The highest BCUT2D eigenvalue weighted by atomic mass is 16.7. The summed E-state index contributed by atoms with van der Waals surface area (Å²) >= 11 is 0. The Bertz CT molecular complexity index is 1480. The number of piperazine rings is 1. The van der Waals surface area contributed by atoms with Gasteiger partial charge in [0.25, 0.3) is 5.91 Å². The van der Waals surface area contributed by atoms with Crippen LogP contribution in [0.4, 0.5) is 0 Å². The summed E-state index contributed by atoms with van der Waals surface area (Å²) in [6, 6.07) is 22.5. The molecule has 0 bridgehead atoms. The topological polar surface area (TPSA) is 59.8 Å². The lowest BCUT2D eigenvalue weighted by atomic mass is 10.0. The fourth-order valence-corrected chi connectivity index (χ4v) is 5.03. The Kier molecular flexibility index (Phi) is 6.37. The lowest BCUT2D eigenvalue weighted by Crippen LogP contribution is -2.48. The number of aryl methyl sites for hydroxylation is 3. The van der Waals surface area contributed by atoms with E-state index >= 15 is 0 Å². The number of benzene rings is 3. The molecule has 7 heteroatoms. The summed E-state index contributed by atoms with van der Waals surface area (Å²) in [5, 5.41) is 4.90. The van der Waals surface area contributed by atoms with Gasteiger partial charge in [-0.1, -0.05) is 35.9 Å². The molecule has 0 radical (unpaired) electrons. The van der Waals surface area contributed by atoms with Crippen LogP contribution in [0.25, 0.3) is 16.9 Å². The van der Waals surface area contributed by atoms with Gasteiger partial charge in [-0.05, 0) is 73.9 Å². The normalized spacial score (nSPS) is 15.2. The number of carbonyl (C=O) groups is 1. The van der Waals surface area contributed by atoms with Crippen molar-refractivity contribution in [2.75, 3.05) is 33.0 Å². The van der Waals surface area contributed by atoms with Gasteiger partial charge < -0.3 is 14.4 Å². The van der Waals surface area contributed by atoms with E-state index in [1.807, 2.05) is 35.2 Å². The summed E-state index contributed by atoms with van der Waals surface area (Å²) in [6.45, 7) is 10.3. The first kappa shape index (κ1) is 24.2. The lowest BCUT2D eigenvalue weighted by molar-refractivity contribution is 0.0619. The second kappa shape index (κ2) is 9.99. The van der Waals surface area contributed by atoms with Crippen molar-refractivity contribution < 1.29 is 14.3 Å². The minimum atomic E-state index is 0.0101. The highest BCUT2D eigenvalue weighted by molar-refractivity contribution is 5.94. The summed E-state index contributed by atoms with van der Waals surface area (Å²) < 4.78 is 12.7. The van der Waals surface area contributed by atoms with Crippen LogP contribution in [0.2, 0.25) is 0 Å². The summed E-state index contributed by atoms with van der Waals surface area (Å²) in [5.74, 6) is 1.62. The Balaban J connectivity index is 1.22. The maximum absolute atomic E-state index is 13.8. The van der Waals surface area contributed by atoms with Crippen LogP contribution in [0.3, 0.4) is 0 Å². The molecule has 38 heavy (non-hydrogen) atoms. The van der Waals surface area contributed by atoms with E-state index in [9.17, 15) is 4.79 Å². The molecule has 1 aromatic heterocycles. The van der Waals surface area contributed by atoms with Crippen LogP contribution < -0.4 is 9.47 Å². The second-order valence-electron chi connectivity index (χ2n) is 10.2.